The second kappa shape index (κ2) is 46.7. The molecule has 0 aromatic carbocycles. The van der Waals surface area contributed by atoms with Crippen molar-refractivity contribution in [1.29, 1.82) is 0 Å². The molecule has 0 heterocycles. The van der Waals surface area contributed by atoms with Crippen molar-refractivity contribution in [2.75, 3.05) is 26.4 Å². The van der Waals surface area contributed by atoms with Gasteiger partial charge >= 0.3 is 13.8 Å². The third kappa shape index (κ3) is 48.1. The highest BCUT2D eigenvalue weighted by Crippen LogP contribution is 2.42. The van der Waals surface area contributed by atoms with E-state index in [1.54, 1.807) is 0 Å². The maximum atomic E-state index is 12.1. The number of phosphoric ester groups is 1. The molecule has 2 atom stereocenters. The Morgan fingerprint density at radius 3 is 1.43 bits per heavy atom. The summed E-state index contributed by atoms with van der Waals surface area (Å²) in [5.74, 6) is -0.555. The lowest BCUT2D eigenvalue weighted by Crippen LogP contribution is -2.27. The van der Waals surface area contributed by atoms with Gasteiger partial charge in [0.25, 0.3) is 0 Å². The van der Waals surface area contributed by atoms with Gasteiger partial charge in [0.05, 0.1) is 13.2 Å². The van der Waals surface area contributed by atoms with Crippen LogP contribution in [0.1, 0.15) is 194 Å². The van der Waals surface area contributed by atoms with Crippen molar-refractivity contribution in [2.45, 2.75) is 200 Å². The van der Waals surface area contributed by atoms with E-state index in [4.69, 9.17) is 13.8 Å². The van der Waals surface area contributed by atoms with Gasteiger partial charge in [-0.05, 0) is 89.9 Å². The normalized spacial score (nSPS) is 14.0. The molecule has 0 saturated carbocycles. The SMILES string of the molecule is CC/C=C\C/C=C\C/C=C\C/C=C\C/C=C\CCCCCC(=O)OCC(O)COP(=O)(O)OCCNC(=O)CCCCCCCCCCCCC/C=C\C/C=C\CCCCC. The second-order valence-electron chi connectivity index (χ2n) is 15.7. The molecule has 0 radical (unpaired) electrons. The van der Waals surface area contributed by atoms with Gasteiger partial charge in [-0.2, -0.15) is 0 Å². The van der Waals surface area contributed by atoms with Crippen LogP contribution in [0.25, 0.3) is 0 Å². The van der Waals surface area contributed by atoms with Crippen LogP contribution >= 0.6 is 7.82 Å². The van der Waals surface area contributed by atoms with Crippen molar-refractivity contribution >= 4 is 19.7 Å². The van der Waals surface area contributed by atoms with Crippen LogP contribution in [0.15, 0.2) is 85.1 Å². The third-order valence-corrected chi connectivity index (χ3v) is 10.8. The highest BCUT2D eigenvalue weighted by Gasteiger charge is 2.23. The highest BCUT2D eigenvalue weighted by molar-refractivity contribution is 7.47. The fourth-order valence-corrected chi connectivity index (χ4v) is 6.96. The number of phosphoric acid groups is 1. The molecule has 61 heavy (non-hydrogen) atoms. The highest BCUT2D eigenvalue weighted by atomic mass is 31.2. The molecular weight excluding hydrogens is 786 g/mol. The largest absolute Gasteiger partial charge is 0.472 e. The van der Waals surface area contributed by atoms with Gasteiger partial charge in [-0.15, -0.1) is 0 Å². The first kappa shape index (κ1) is 58.2. The molecular formula is C51H88NO8P. The molecule has 0 aliphatic rings. The number of aliphatic hydroxyl groups excluding tert-OH is 1. The average molecular weight is 874 g/mol. The minimum Gasteiger partial charge on any atom is -0.463 e. The summed E-state index contributed by atoms with van der Waals surface area (Å²) < 4.78 is 26.9. The molecule has 10 heteroatoms. The van der Waals surface area contributed by atoms with Gasteiger partial charge in [-0.1, -0.05) is 176 Å². The third-order valence-electron chi connectivity index (χ3n) is 9.81. The summed E-state index contributed by atoms with van der Waals surface area (Å²) in [5, 5.41) is 12.7. The smallest absolute Gasteiger partial charge is 0.463 e. The molecule has 0 bridgehead atoms. The molecule has 0 spiro atoms. The number of ether oxygens (including phenoxy) is 1. The van der Waals surface area contributed by atoms with Gasteiger partial charge in [0, 0.05) is 19.4 Å². The van der Waals surface area contributed by atoms with Crippen molar-refractivity contribution < 1.29 is 37.9 Å². The van der Waals surface area contributed by atoms with Crippen molar-refractivity contribution in [1.82, 2.24) is 5.32 Å². The van der Waals surface area contributed by atoms with Crippen LogP contribution in [0.5, 0.6) is 0 Å². The molecule has 0 aromatic heterocycles. The first-order valence-electron chi connectivity index (χ1n) is 24.1. The van der Waals surface area contributed by atoms with E-state index >= 15 is 0 Å². The quantitative estimate of drug-likeness (QED) is 0.0239. The van der Waals surface area contributed by atoms with Crippen molar-refractivity contribution in [3.63, 3.8) is 0 Å². The number of amides is 1. The Labute approximate surface area is 373 Å². The number of hydrogen-bond donors (Lipinski definition) is 3. The predicted molar refractivity (Wildman–Crippen MR) is 256 cm³/mol. The van der Waals surface area contributed by atoms with Crippen molar-refractivity contribution in [2.24, 2.45) is 0 Å². The van der Waals surface area contributed by atoms with E-state index in [0.29, 0.717) is 12.8 Å². The zero-order chi connectivity index (χ0) is 44.6. The zero-order valence-electron chi connectivity index (χ0n) is 38.6. The Kier molecular flexibility index (Phi) is 44.5. The molecule has 3 N–H and O–H groups in total. The number of esters is 1. The fourth-order valence-electron chi connectivity index (χ4n) is 6.20. The summed E-state index contributed by atoms with van der Waals surface area (Å²) in [6, 6.07) is 0. The van der Waals surface area contributed by atoms with Gasteiger partial charge in [-0.25, -0.2) is 4.57 Å². The van der Waals surface area contributed by atoms with E-state index in [-0.39, 0.29) is 32.1 Å². The van der Waals surface area contributed by atoms with Gasteiger partial charge in [0.2, 0.25) is 5.91 Å². The van der Waals surface area contributed by atoms with Gasteiger partial charge < -0.3 is 20.1 Å². The summed E-state index contributed by atoms with van der Waals surface area (Å²) in [7, 11) is -4.43. The Hall–Kier alpha value is -2.81. The van der Waals surface area contributed by atoms with Crippen LogP contribution < -0.4 is 5.32 Å². The Morgan fingerprint density at radius 2 is 0.934 bits per heavy atom. The van der Waals surface area contributed by atoms with Crippen LogP contribution in [-0.2, 0) is 27.9 Å². The molecule has 0 rings (SSSR count). The number of unbranched alkanes of at least 4 members (excludes halogenated alkanes) is 17. The minimum atomic E-state index is -4.43. The van der Waals surface area contributed by atoms with Crippen LogP contribution in [-0.4, -0.2) is 54.3 Å². The van der Waals surface area contributed by atoms with Crippen molar-refractivity contribution in [3.05, 3.63) is 85.1 Å². The summed E-state index contributed by atoms with van der Waals surface area (Å²) in [6.45, 7) is 3.37. The van der Waals surface area contributed by atoms with Crippen LogP contribution in [0.4, 0.5) is 0 Å². The molecule has 2 unspecified atom stereocenters. The Balaban J connectivity index is 3.64. The maximum absolute atomic E-state index is 12.1. The number of carbonyl (C=O) groups is 2. The van der Waals surface area contributed by atoms with Gasteiger partial charge in [-0.3, -0.25) is 18.6 Å². The van der Waals surface area contributed by atoms with E-state index < -0.39 is 26.5 Å². The van der Waals surface area contributed by atoms with E-state index in [0.717, 1.165) is 77.0 Å². The lowest BCUT2D eigenvalue weighted by molar-refractivity contribution is -0.147. The summed E-state index contributed by atoms with van der Waals surface area (Å²) in [6.07, 6.45) is 59.4. The fraction of sp³-hybridized carbons (Fsp3) is 0.686. The molecule has 9 nitrogen and oxygen atoms in total. The standard InChI is InChI=1S/C51H88NO8P/c1-3-5-7-9-11-13-15-17-19-21-23-24-26-27-29-31-33-35-37-39-41-43-50(54)52-45-46-59-61(56,57)60-48-49(53)47-58-51(55)44-42-40-38-36-34-32-30-28-25-22-20-18-16-14-12-10-8-6-4-2/h6,8,11-14,17-20,25,28,32,34,49,53H,3-5,7,9-10,15-16,21-24,26-27,29-31,33,35-48H2,1-2H3,(H,52,54)(H,56,57)/b8-6-,13-11-,14-12-,19-17-,20-18-,28-25-,34-32-. The molecule has 0 aliphatic heterocycles. The first-order chi connectivity index (χ1) is 29.8. The van der Waals surface area contributed by atoms with Crippen LogP contribution in [0.2, 0.25) is 0 Å². The number of aliphatic hydroxyl groups is 1. The number of nitrogens with one attached hydrogen (secondary N) is 1. The zero-order valence-corrected chi connectivity index (χ0v) is 39.5. The van der Waals surface area contributed by atoms with Gasteiger partial charge in [0.15, 0.2) is 0 Å². The van der Waals surface area contributed by atoms with Crippen LogP contribution in [0, 0.1) is 0 Å². The number of allylic oxidation sites excluding steroid dienone is 14. The summed E-state index contributed by atoms with van der Waals surface area (Å²) >= 11 is 0. The Bertz CT molecular complexity index is 1270. The van der Waals surface area contributed by atoms with Gasteiger partial charge in [0.1, 0.15) is 12.7 Å². The topological polar surface area (TPSA) is 131 Å². The number of carbonyl (C=O) groups excluding carboxylic acids is 2. The average Bonchev–Trinajstić information content (AvgIpc) is 3.25. The summed E-state index contributed by atoms with van der Waals surface area (Å²) in [4.78, 5) is 34.0. The van der Waals surface area contributed by atoms with Crippen molar-refractivity contribution in [3.8, 4) is 0 Å². The summed E-state index contributed by atoms with van der Waals surface area (Å²) in [5.41, 5.74) is 0. The molecule has 0 aromatic rings. The molecule has 0 aliphatic carbocycles. The van der Waals surface area contributed by atoms with Crippen LogP contribution in [0.3, 0.4) is 0 Å². The van der Waals surface area contributed by atoms with E-state index in [2.05, 4.69) is 104 Å². The monoisotopic (exact) mass is 874 g/mol. The predicted octanol–water partition coefficient (Wildman–Crippen LogP) is 14.0. The first-order valence-corrected chi connectivity index (χ1v) is 25.6. The minimum absolute atomic E-state index is 0.0722. The van der Waals surface area contributed by atoms with E-state index in [1.165, 1.54) is 83.5 Å². The van der Waals surface area contributed by atoms with E-state index in [1.807, 2.05) is 0 Å². The molecule has 1 amide bonds. The molecule has 350 valence electrons. The van der Waals surface area contributed by atoms with E-state index in [9.17, 15) is 24.2 Å². The maximum Gasteiger partial charge on any atom is 0.472 e. The molecule has 0 saturated heterocycles. The second-order valence-corrected chi connectivity index (χ2v) is 17.1. The lowest BCUT2D eigenvalue weighted by Gasteiger charge is -2.15. The lowest BCUT2D eigenvalue weighted by atomic mass is 10.0. The number of rotatable bonds is 44. The number of hydrogen-bond acceptors (Lipinski definition) is 7. The molecule has 0 fully saturated rings. The Morgan fingerprint density at radius 1 is 0.525 bits per heavy atom.